The maximum atomic E-state index is 15.0. The van der Waals surface area contributed by atoms with Crippen molar-refractivity contribution in [3.05, 3.63) is 66.1 Å². The lowest BCUT2D eigenvalue weighted by atomic mass is 9.95. The molecule has 0 unspecified atom stereocenters. The molecule has 1 aliphatic rings. The van der Waals surface area contributed by atoms with Crippen LogP contribution in [0.15, 0.2) is 54.7 Å². The van der Waals surface area contributed by atoms with Gasteiger partial charge in [0, 0.05) is 44.5 Å². The fourth-order valence-corrected chi connectivity index (χ4v) is 4.92. The average molecular weight is 564 g/mol. The zero-order chi connectivity index (χ0) is 29.4. The SMILES string of the molecule is CCOC(=O)C[C@H](Nc1nc(N(C)C2CCCCC2)ncc1-c1ccccc1F)c1ccc(OC(=O)N(C)C)cc1. The van der Waals surface area contributed by atoms with E-state index in [0.717, 1.165) is 31.2 Å². The van der Waals surface area contributed by atoms with Crippen molar-refractivity contribution < 1.29 is 23.5 Å². The molecule has 0 aliphatic heterocycles. The number of ether oxygens (including phenoxy) is 2. The molecule has 1 amide bonds. The number of carbonyl (C=O) groups excluding carboxylic acids is 2. The Morgan fingerprint density at radius 3 is 2.39 bits per heavy atom. The third-order valence-electron chi connectivity index (χ3n) is 7.22. The Hall–Kier alpha value is -4.21. The van der Waals surface area contributed by atoms with Crippen LogP contribution in [-0.2, 0) is 9.53 Å². The fourth-order valence-electron chi connectivity index (χ4n) is 4.92. The molecule has 3 aromatic rings. The van der Waals surface area contributed by atoms with E-state index < -0.39 is 23.9 Å². The van der Waals surface area contributed by atoms with Crippen molar-refractivity contribution in [3.63, 3.8) is 0 Å². The second kappa shape index (κ2) is 13.9. The number of halogens is 1. The first-order valence-corrected chi connectivity index (χ1v) is 14.0. The predicted octanol–water partition coefficient (Wildman–Crippen LogP) is 6.22. The highest BCUT2D eigenvalue weighted by Crippen LogP contribution is 2.34. The van der Waals surface area contributed by atoms with Crippen LogP contribution in [0.4, 0.5) is 21.0 Å². The molecule has 9 nitrogen and oxygen atoms in total. The quantitative estimate of drug-likeness (QED) is 0.291. The smallest absolute Gasteiger partial charge is 0.414 e. The Bertz CT molecular complexity index is 1330. The number of hydrogen-bond acceptors (Lipinski definition) is 8. The maximum Gasteiger partial charge on any atom is 0.414 e. The first-order chi connectivity index (χ1) is 19.8. The molecule has 0 radical (unpaired) electrons. The van der Waals surface area contributed by atoms with Crippen LogP contribution < -0.4 is 15.0 Å². The van der Waals surface area contributed by atoms with Crippen LogP contribution >= 0.6 is 0 Å². The normalized spacial score (nSPS) is 14.2. The number of rotatable bonds is 10. The summed E-state index contributed by atoms with van der Waals surface area (Å²) in [6.07, 6.45) is 6.81. The van der Waals surface area contributed by atoms with E-state index in [1.807, 2.05) is 7.05 Å². The van der Waals surface area contributed by atoms with Crippen LogP contribution in [-0.4, -0.2) is 60.7 Å². The van der Waals surface area contributed by atoms with Crippen molar-refractivity contribution in [1.82, 2.24) is 14.9 Å². The number of nitrogens with one attached hydrogen (secondary N) is 1. The molecule has 10 heteroatoms. The molecule has 218 valence electrons. The van der Waals surface area contributed by atoms with Crippen LogP contribution in [0.1, 0.15) is 57.1 Å². The Balaban J connectivity index is 1.71. The van der Waals surface area contributed by atoms with Gasteiger partial charge in [-0.05, 0) is 43.5 Å². The summed E-state index contributed by atoms with van der Waals surface area (Å²) < 4.78 is 25.6. The Morgan fingerprint density at radius 2 is 1.73 bits per heavy atom. The van der Waals surface area contributed by atoms with Crippen LogP contribution in [0.25, 0.3) is 11.1 Å². The number of anilines is 2. The summed E-state index contributed by atoms with van der Waals surface area (Å²) in [5, 5.41) is 3.39. The molecule has 1 saturated carbocycles. The van der Waals surface area contributed by atoms with Crippen LogP contribution in [0.3, 0.4) is 0 Å². The Labute approximate surface area is 240 Å². The molecule has 0 bridgehead atoms. The molecule has 2 aromatic carbocycles. The van der Waals surface area contributed by atoms with E-state index in [-0.39, 0.29) is 13.0 Å². The molecule has 0 saturated heterocycles. The molecular weight excluding hydrogens is 525 g/mol. The van der Waals surface area contributed by atoms with Crippen molar-refractivity contribution in [2.24, 2.45) is 0 Å². The standard InChI is InChI=1S/C31H38FN5O4/c1-5-40-28(38)19-27(21-15-17-23(18-16-21)41-31(39)36(2)3)34-29-25(24-13-9-10-14-26(24)32)20-33-30(35-29)37(4)22-11-7-6-8-12-22/h9-10,13-18,20,22,27H,5-8,11-12,19H2,1-4H3,(H,33,34,35)/t27-/m0/s1. The van der Waals surface area contributed by atoms with Crippen molar-refractivity contribution >= 4 is 23.8 Å². The van der Waals surface area contributed by atoms with E-state index in [2.05, 4.69) is 15.2 Å². The van der Waals surface area contributed by atoms with Gasteiger partial charge in [0.1, 0.15) is 17.4 Å². The first-order valence-electron chi connectivity index (χ1n) is 14.0. The molecule has 41 heavy (non-hydrogen) atoms. The van der Waals surface area contributed by atoms with Gasteiger partial charge in [0.25, 0.3) is 0 Å². The lowest BCUT2D eigenvalue weighted by Crippen LogP contribution is -2.34. The van der Waals surface area contributed by atoms with Gasteiger partial charge in [0.15, 0.2) is 0 Å². The molecule has 1 heterocycles. The van der Waals surface area contributed by atoms with Gasteiger partial charge in [-0.1, -0.05) is 49.6 Å². The lowest BCUT2D eigenvalue weighted by molar-refractivity contribution is -0.143. The highest BCUT2D eigenvalue weighted by Gasteiger charge is 2.24. The summed E-state index contributed by atoms with van der Waals surface area (Å²) in [4.78, 5) is 37.5. The number of benzene rings is 2. The second-order valence-corrected chi connectivity index (χ2v) is 10.4. The summed E-state index contributed by atoms with van der Waals surface area (Å²) in [6, 6.07) is 13.1. The minimum absolute atomic E-state index is 0.000809. The molecule has 0 spiro atoms. The third kappa shape index (κ3) is 7.71. The molecule has 4 rings (SSSR count). The monoisotopic (exact) mass is 563 g/mol. The Kier molecular flexibility index (Phi) is 10.1. The predicted molar refractivity (Wildman–Crippen MR) is 156 cm³/mol. The van der Waals surface area contributed by atoms with E-state index in [9.17, 15) is 14.0 Å². The van der Waals surface area contributed by atoms with Gasteiger partial charge in [0.2, 0.25) is 5.95 Å². The van der Waals surface area contributed by atoms with Crippen molar-refractivity contribution in [3.8, 4) is 16.9 Å². The summed E-state index contributed by atoms with van der Waals surface area (Å²) in [7, 11) is 5.19. The van der Waals surface area contributed by atoms with E-state index >= 15 is 0 Å². The summed E-state index contributed by atoms with van der Waals surface area (Å²) in [6.45, 7) is 2.00. The van der Waals surface area contributed by atoms with E-state index in [1.54, 1.807) is 69.7 Å². The summed E-state index contributed by atoms with van der Waals surface area (Å²) >= 11 is 0. The van der Waals surface area contributed by atoms with Gasteiger partial charge in [-0.25, -0.2) is 14.2 Å². The van der Waals surface area contributed by atoms with Gasteiger partial charge in [-0.15, -0.1) is 0 Å². The summed E-state index contributed by atoms with van der Waals surface area (Å²) in [5.41, 5.74) is 1.57. The lowest BCUT2D eigenvalue weighted by Gasteiger charge is -2.31. The molecular formula is C31H38FN5O4. The van der Waals surface area contributed by atoms with Crippen molar-refractivity contribution in [1.29, 1.82) is 0 Å². The van der Waals surface area contributed by atoms with Crippen molar-refractivity contribution in [2.75, 3.05) is 38.0 Å². The van der Waals surface area contributed by atoms with Gasteiger partial charge in [0.05, 0.1) is 19.1 Å². The largest absolute Gasteiger partial charge is 0.466 e. The number of aromatic nitrogens is 2. The summed E-state index contributed by atoms with van der Waals surface area (Å²) in [5.74, 6) is 0.504. The fraction of sp³-hybridized carbons (Fsp3) is 0.419. The molecule has 1 atom stereocenters. The third-order valence-corrected chi connectivity index (χ3v) is 7.22. The molecule has 1 fully saturated rings. The van der Waals surface area contributed by atoms with Crippen LogP contribution in [0.5, 0.6) is 5.75 Å². The van der Waals surface area contributed by atoms with Crippen molar-refractivity contribution in [2.45, 2.75) is 57.5 Å². The highest BCUT2D eigenvalue weighted by atomic mass is 19.1. The number of amides is 1. The maximum absolute atomic E-state index is 15.0. The minimum Gasteiger partial charge on any atom is -0.466 e. The van der Waals surface area contributed by atoms with E-state index in [0.29, 0.717) is 34.7 Å². The van der Waals surface area contributed by atoms with E-state index in [4.69, 9.17) is 14.5 Å². The molecule has 1 aliphatic carbocycles. The number of carbonyl (C=O) groups is 2. The first kappa shape index (κ1) is 29.8. The molecule has 1 N–H and O–H groups in total. The molecule has 1 aromatic heterocycles. The number of nitrogens with zero attached hydrogens (tertiary/aromatic N) is 4. The van der Waals surface area contributed by atoms with Crippen LogP contribution in [0.2, 0.25) is 0 Å². The van der Waals surface area contributed by atoms with Gasteiger partial charge in [-0.2, -0.15) is 4.98 Å². The van der Waals surface area contributed by atoms with Gasteiger partial charge in [-0.3, -0.25) is 4.79 Å². The van der Waals surface area contributed by atoms with Gasteiger partial charge < -0.3 is 24.6 Å². The zero-order valence-corrected chi connectivity index (χ0v) is 24.1. The Morgan fingerprint density at radius 1 is 1.02 bits per heavy atom. The zero-order valence-electron chi connectivity index (χ0n) is 24.1. The van der Waals surface area contributed by atoms with Crippen LogP contribution in [0, 0.1) is 5.82 Å². The van der Waals surface area contributed by atoms with Gasteiger partial charge >= 0.3 is 12.1 Å². The number of esters is 1. The highest BCUT2D eigenvalue weighted by molar-refractivity contribution is 5.77. The minimum atomic E-state index is -0.569. The van der Waals surface area contributed by atoms with E-state index in [1.165, 1.54) is 17.4 Å². The average Bonchev–Trinajstić information content (AvgIpc) is 2.98. The second-order valence-electron chi connectivity index (χ2n) is 10.4. The topological polar surface area (TPSA) is 96.9 Å². The number of hydrogen-bond donors (Lipinski definition) is 1.